The molecule has 1 aliphatic heterocycles. The van der Waals surface area contributed by atoms with Crippen LogP contribution in [0.4, 0.5) is 0 Å². The Labute approximate surface area is 52.6 Å². The van der Waals surface area contributed by atoms with Crippen molar-refractivity contribution in [2.75, 3.05) is 0 Å². The third kappa shape index (κ3) is 2.79. The SMILES string of the molecule is O=C(O)CCCC1N=N1. The number of carbonyl (C=O) groups is 1. The molecule has 0 radical (unpaired) electrons. The van der Waals surface area contributed by atoms with Crippen LogP contribution in [0.15, 0.2) is 10.2 Å². The van der Waals surface area contributed by atoms with Crippen LogP contribution in [0.25, 0.3) is 0 Å². The van der Waals surface area contributed by atoms with Crippen molar-refractivity contribution in [2.24, 2.45) is 10.2 Å². The lowest BCUT2D eigenvalue weighted by molar-refractivity contribution is -0.137. The number of nitrogens with zero attached hydrogens (tertiary/aromatic N) is 2. The Morgan fingerprint density at radius 1 is 1.56 bits per heavy atom. The lowest BCUT2D eigenvalue weighted by Gasteiger charge is -1.89. The fourth-order valence-electron chi connectivity index (χ4n) is 0.598. The van der Waals surface area contributed by atoms with E-state index in [9.17, 15) is 4.79 Å². The van der Waals surface area contributed by atoms with E-state index in [0.717, 1.165) is 6.42 Å². The zero-order valence-electron chi connectivity index (χ0n) is 4.95. The van der Waals surface area contributed by atoms with E-state index in [0.29, 0.717) is 6.42 Å². The minimum atomic E-state index is -0.740. The summed E-state index contributed by atoms with van der Waals surface area (Å²) in [5, 5.41) is 15.4. The lowest BCUT2D eigenvalue weighted by atomic mass is 10.2. The second-order valence-corrected chi connectivity index (χ2v) is 2.00. The topological polar surface area (TPSA) is 62.0 Å². The van der Waals surface area contributed by atoms with Crippen LogP contribution < -0.4 is 0 Å². The maximum absolute atomic E-state index is 9.94. The summed E-state index contributed by atoms with van der Waals surface area (Å²) in [6.45, 7) is 0. The molecule has 0 spiro atoms. The maximum Gasteiger partial charge on any atom is 0.303 e. The summed E-state index contributed by atoms with van der Waals surface area (Å²) >= 11 is 0. The molecule has 0 fully saturated rings. The van der Waals surface area contributed by atoms with Crippen LogP contribution in [-0.2, 0) is 4.79 Å². The highest BCUT2D eigenvalue weighted by Gasteiger charge is 2.14. The molecule has 1 aliphatic rings. The van der Waals surface area contributed by atoms with Crippen molar-refractivity contribution in [1.82, 2.24) is 0 Å². The molecular weight excluding hydrogens is 120 g/mol. The monoisotopic (exact) mass is 128 g/mol. The molecule has 0 atom stereocenters. The number of hydrogen-bond donors (Lipinski definition) is 1. The summed E-state index contributed by atoms with van der Waals surface area (Å²) in [5.74, 6) is -0.740. The van der Waals surface area contributed by atoms with Gasteiger partial charge in [0.15, 0.2) is 6.17 Å². The smallest absolute Gasteiger partial charge is 0.303 e. The lowest BCUT2D eigenvalue weighted by Crippen LogP contribution is -1.95. The van der Waals surface area contributed by atoms with Gasteiger partial charge in [-0.25, -0.2) is 0 Å². The van der Waals surface area contributed by atoms with Gasteiger partial charge in [-0.05, 0) is 12.8 Å². The van der Waals surface area contributed by atoms with E-state index in [1.165, 1.54) is 0 Å². The molecule has 4 heteroatoms. The Hall–Kier alpha value is -0.930. The Balaban J connectivity index is 1.87. The minimum absolute atomic E-state index is 0.129. The first kappa shape index (κ1) is 6.19. The van der Waals surface area contributed by atoms with Crippen molar-refractivity contribution in [2.45, 2.75) is 25.4 Å². The summed E-state index contributed by atoms with van der Waals surface area (Å²) < 4.78 is 0. The number of carboxylic acid groups (broad SMARTS) is 1. The fraction of sp³-hybridized carbons (Fsp3) is 0.800. The molecule has 0 aromatic rings. The highest BCUT2D eigenvalue weighted by Crippen LogP contribution is 2.16. The van der Waals surface area contributed by atoms with Crippen LogP contribution in [0.5, 0.6) is 0 Å². The first-order valence-electron chi connectivity index (χ1n) is 2.91. The van der Waals surface area contributed by atoms with Gasteiger partial charge in [-0.3, -0.25) is 4.79 Å². The molecule has 0 amide bonds. The largest absolute Gasteiger partial charge is 0.481 e. The zero-order chi connectivity index (χ0) is 6.69. The van der Waals surface area contributed by atoms with Crippen molar-refractivity contribution in [1.29, 1.82) is 0 Å². The summed E-state index contributed by atoms with van der Waals surface area (Å²) in [5.41, 5.74) is 0. The highest BCUT2D eigenvalue weighted by molar-refractivity contribution is 5.66. The summed E-state index contributed by atoms with van der Waals surface area (Å²) in [4.78, 5) is 9.94. The van der Waals surface area contributed by atoms with E-state index < -0.39 is 5.97 Å². The summed E-state index contributed by atoms with van der Waals surface area (Å²) in [6.07, 6.45) is 1.85. The molecule has 1 heterocycles. The average Bonchev–Trinajstić information content (AvgIpc) is 2.48. The van der Waals surface area contributed by atoms with Gasteiger partial charge in [-0.15, -0.1) is 0 Å². The molecule has 0 aromatic heterocycles. The number of rotatable bonds is 4. The molecule has 0 aliphatic carbocycles. The molecule has 50 valence electrons. The van der Waals surface area contributed by atoms with Crippen molar-refractivity contribution in [3.05, 3.63) is 0 Å². The average molecular weight is 128 g/mol. The van der Waals surface area contributed by atoms with Gasteiger partial charge in [-0.2, -0.15) is 10.2 Å². The first-order chi connectivity index (χ1) is 4.29. The van der Waals surface area contributed by atoms with Gasteiger partial charge in [0.2, 0.25) is 0 Å². The fourth-order valence-corrected chi connectivity index (χ4v) is 0.598. The van der Waals surface area contributed by atoms with Gasteiger partial charge >= 0.3 is 5.97 Å². The minimum Gasteiger partial charge on any atom is -0.481 e. The maximum atomic E-state index is 9.94. The third-order valence-electron chi connectivity index (χ3n) is 1.13. The van der Waals surface area contributed by atoms with Gasteiger partial charge < -0.3 is 5.11 Å². The van der Waals surface area contributed by atoms with Crippen molar-refractivity contribution < 1.29 is 9.90 Å². The number of aliphatic carboxylic acids is 1. The second kappa shape index (κ2) is 2.57. The van der Waals surface area contributed by atoms with Crippen molar-refractivity contribution >= 4 is 5.97 Å². The van der Waals surface area contributed by atoms with E-state index in [1.54, 1.807) is 0 Å². The molecule has 0 aromatic carbocycles. The Morgan fingerprint density at radius 2 is 2.22 bits per heavy atom. The molecule has 0 bridgehead atoms. The van der Waals surface area contributed by atoms with E-state index >= 15 is 0 Å². The zero-order valence-corrected chi connectivity index (χ0v) is 4.95. The van der Waals surface area contributed by atoms with Gasteiger partial charge in [0.1, 0.15) is 0 Å². The second-order valence-electron chi connectivity index (χ2n) is 2.00. The predicted molar refractivity (Wildman–Crippen MR) is 30.1 cm³/mol. The Bertz CT molecular complexity index is 138. The van der Waals surface area contributed by atoms with E-state index in [-0.39, 0.29) is 12.6 Å². The van der Waals surface area contributed by atoms with Crippen LogP contribution in [0.1, 0.15) is 19.3 Å². The quantitative estimate of drug-likeness (QED) is 0.614. The van der Waals surface area contributed by atoms with Crippen LogP contribution >= 0.6 is 0 Å². The van der Waals surface area contributed by atoms with Crippen LogP contribution in [0, 0.1) is 0 Å². The Morgan fingerprint density at radius 3 is 2.67 bits per heavy atom. The van der Waals surface area contributed by atoms with Crippen LogP contribution in [0.2, 0.25) is 0 Å². The molecule has 9 heavy (non-hydrogen) atoms. The standard InChI is InChI=1S/C5H8N2O2/c8-5(9)3-1-2-4-6-7-4/h4H,1-3H2,(H,8,9). The highest BCUT2D eigenvalue weighted by atomic mass is 16.4. The van der Waals surface area contributed by atoms with Gasteiger partial charge in [-0.1, -0.05) is 0 Å². The van der Waals surface area contributed by atoms with E-state index in [1.807, 2.05) is 0 Å². The molecule has 0 saturated heterocycles. The molecular formula is C5H8N2O2. The van der Waals surface area contributed by atoms with Crippen LogP contribution in [0.3, 0.4) is 0 Å². The van der Waals surface area contributed by atoms with Crippen LogP contribution in [-0.4, -0.2) is 17.2 Å². The molecule has 4 nitrogen and oxygen atoms in total. The van der Waals surface area contributed by atoms with E-state index in [4.69, 9.17) is 5.11 Å². The number of hydrogen-bond acceptors (Lipinski definition) is 3. The molecule has 1 N–H and O–H groups in total. The van der Waals surface area contributed by atoms with Gasteiger partial charge in [0.05, 0.1) is 0 Å². The van der Waals surface area contributed by atoms with Crippen molar-refractivity contribution in [3.63, 3.8) is 0 Å². The predicted octanol–water partition coefficient (Wildman–Crippen LogP) is 1.03. The Kier molecular flexibility index (Phi) is 1.77. The molecule has 0 saturated carbocycles. The molecule has 1 rings (SSSR count). The number of carboxylic acids is 1. The third-order valence-corrected chi connectivity index (χ3v) is 1.13. The summed E-state index contributed by atoms with van der Waals surface area (Å²) in [7, 11) is 0. The summed E-state index contributed by atoms with van der Waals surface area (Å²) in [6, 6.07) is 0. The normalized spacial score (nSPS) is 16.0. The first-order valence-corrected chi connectivity index (χ1v) is 2.91. The van der Waals surface area contributed by atoms with E-state index in [2.05, 4.69) is 10.2 Å². The van der Waals surface area contributed by atoms with Crippen molar-refractivity contribution in [3.8, 4) is 0 Å². The van der Waals surface area contributed by atoms with Gasteiger partial charge in [0, 0.05) is 6.42 Å². The van der Waals surface area contributed by atoms with Gasteiger partial charge in [0.25, 0.3) is 0 Å². The molecule has 0 unspecified atom stereocenters.